The van der Waals surface area contributed by atoms with E-state index in [1.165, 1.54) is 21.5 Å². The topological polar surface area (TPSA) is 52.9 Å². The second-order valence-electron chi connectivity index (χ2n) is 10.3. The van der Waals surface area contributed by atoms with Crippen molar-refractivity contribution in [2.75, 3.05) is 0 Å². The molecule has 9 rings (SSSR count). The first-order chi connectivity index (χ1) is 20.3. The highest BCUT2D eigenvalue weighted by Crippen LogP contribution is 2.37. The minimum atomic E-state index is 0.914. The van der Waals surface area contributed by atoms with Gasteiger partial charge in [0.2, 0.25) is 0 Å². The van der Waals surface area contributed by atoms with Gasteiger partial charge >= 0.3 is 0 Å². The van der Waals surface area contributed by atoms with Crippen molar-refractivity contribution in [1.29, 1.82) is 0 Å². The van der Waals surface area contributed by atoms with E-state index in [9.17, 15) is 0 Å². The predicted octanol–water partition coefficient (Wildman–Crippen LogP) is 7.99. The summed E-state index contributed by atoms with van der Waals surface area (Å²) in [6.07, 6.45) is 11.8. The van der Waals surface area contributed by atoms with Crippen LogP contribution in [0.1, 0.15) is 0 Å². The molecule has 0 radical (unpaired) electrons. The van der Waals surface area contributed by atoms with Gasteiger partial charge in [-0.2, -0.15) is 0 Å². The van der Waals surface area contributed by atoms with E-state index in [2.05, 4.69) is 109 Å². The lowest BCUT2D eigenvalue weighted by atomic mass is 10.1. The number of nitrogens with zero attached hydrogens (tertiary/aromatic N) is 6. The number of hydrogen-bond acceptors (Lipinski definition) is 3. The predicted molar refractivity (Wildman–Crippen MR) is 165 cm³/mol. The third-order valence-electron chi connectivity index (χ3n) is 8.03. The van der Waals surface area contributed by atoms with E-state index in [1.54, 1.807) is 0 Å². The molecule has 0 aliphatic rings. The van der Waals surface area contributed by atoms with Gasteiger partial charge in [-0.15, -0.1) is 0 Å². The van der Waals surface area contributed by atoms with Crippen LogP contribution in [0.2, 0.25) is 0 Å². The molecule has 0 atom stereocenters. The van der Waals surface area contributed by atoms with E-state index in [1.807, 2.05) is 49.2 Å². The molecule has 6 nitrogen and oxygen atoms in total. The summed E-state index contributed by atoms with van der Waals surface area (Å²) in [6, 6.07) is 34.1. The van der Waals surface area contributed by atoms with Crippen LogP contribution in [0.5, 0.6) is 0 Å². The van der Waals surface area contributed by atoms with Crippen molar-refractivity contribution >= 4 is 49.3 Å². The monoisotopic (exact) mass is 526 g/mol. The zero-order valence-corrected chi connectivity index (χ0v) is 21.9. The quantitative estimate of drug-likeness (QED) is 0.234. The standard InChI is InChI=1S/C35H22N6/c1-3-9-31-26(7-1)28-12-14-36-20-33(28)40(31)24-17-23(30-22-39-16-6-5-11-35(39)38-30)18-25(19-24)41-32-10-4-2-8-27(32)29-13-15-37-21-34(29)41/h1-22H. The number of para-hydroxylation sites is 2. The van der Waals surface area contributed by atoms with Crippen LogP contribution in [0, 0.1) is 0 Å². The van der Waals surface area contributed by atoms with Crippen LogP contribution < -0.4 is 0 Å². The van der Waals surface area contributed by atoms with Gasteiger partial charge in [-0.1, -0.05) is 42.5 Å². The van der Waals surface area contributed by atoms with Crippen LogP contribution >= 0.6 is 0 Å². The van der Waals surface area contributed by atoms with Crippen molar-refractivity contribution < 1.29 is 0 Å². The zero-order valence-electron chi connectivity index (χ0n) is 21.9. The maximum Gasteiger partial charge on any atom is 0.137 e. The van der Waals surface area contributed by atoms with Gasteiger partial charge < -0.3 is 13.5 Å². The number of benzene rings is 3. The van der Waals surface area contributed by atoms with Gasteiger partial charge in [-0.25, -0.2) is 4.98 Å². The molecule has 0 saturated carbocycles. The Labute approximate surface area is 234 Å². The first-order valence-electron chi connectivity index (χ1n) is 13.6. The van der Waals surface area contributed by atoms with Crippen molar-refractivity contribution in [3.05, 3.63) is 134 Å². The number of hydrogen-bond donors (Lipinski definition) is 0. The van der Waals surface area contributed by atoms with Gasteiger partial charge in [0.1, 0.15) is 5.65 Å². The molecule has 6 heteroatoms. The highest BCUT2D eigenvalue weighted by atomic mass is 15.0. The molecule has 0 saturated heterocycles. The lowest BCUT2D eigenvalue weighted by Crippen LogP contribution is -2.00. The maximum absolute atomic E-state index is 5.00. The molecule has 0 fully saturated rings. The number of pyridine rings is 3. The normalized spacial score (nSPS) is 11.9. The van der Waals surface area contributed by atoms with Crippen LogP contribution in [0.25, 0.3) is 71.9 Å². The third kappa shape index (κ3) is 3.22. The molecule has 0 amide bonds. The highest BCUT2D eigenvalue weighted by molar-refractivity contribution is 6.10. The van der Waals surface area contributed by atoms with Crippen LogP contribution in [0.4, 0.5) is 0 Å². The largest absolute Gasteiger partial charge is 0.308 e. The van der Waals surface area contributed by atoms with Gasteiger partial charge in [-0.05, 0) is 54.6 Å². The SMILES string of the molecule is c1ccc2c(c1)c1ccncc1n2-c1cc(-c2cn3ccccc3n2)cc(-n2c3ccccc3c3ccncc32)c1. The van der Waals surface area contributed by atoms with Crippen LogP contribution in [0.15, 0.2) is 134 Å². The van der Waals surface area contributed by atoms with E-state index >= 15 is 0 Å². The van der Waals surface area contributed by atoms with Crippen LogP contribution in [0.3, 0.4) is 0 Å². The fraction of sp³-hybridized carbons (Fsp3) is 0. The Hall–Kier alpha value is -5.75. The van der Waals surface area contributed by atoms with E-state index in [-0.39, 0.29) is 0 Å². The van der Waals surface area contributed by atoms with Crippen molar-refractivity contribution in [2.45, 2.75) is 0 Å². The Morgan fingerprint density at radius 2 is 1.07 bits per heavy atom. The number of aromatic nitrogens is 6. The molecule has 0 unspecified atom stereocenters. The molecule has 3 aromatic carbocycles. The summed E-state index contributed by atoms with van der Waals surface area (Å²) in [5.41, 5.74) is 9.35. The van der Waals surface area contributed by atoms with Crippen molar-refractivity contribution in [1.82, 2.24) is 28.5 Å². The van der Waals surface area contributed by atoms with Crippen molar-refractivity contribution in [2.24, 2.45) is 0 Å². The fourth-order valence-electron chi connectivity index (χ4n) is 6.27. The molecule has 6 heterocycles. The van der Waals surface area contributed by atoms with E-state index in [0.29, 0.717) is 0 Å². The molecule has 6 aromatic heterocycles. The smallest absolute Gasteiger partial charge is 0.137 e. The zero-order chi connectivity index (χ0) is 26.9. The summed E-state index contributed by atoms with van der Waals surface area (Å²) in [6.45, 7) is 0. The van der Waals surface area contributed by atoms with Gasteiger partial charge in [0.25, 0.3) is 0 Å². The lowest BCUT2D eigenvalue weighted by Gasteiger charge is -2.15. The van der Waals surface area contributed by atoms with Crippen molar-refractivity contribution in [3.8, 4) is 22.6 Å². The molecular formula is C35H22N6. The van der Waals surface area contributed by atoms with E-state index in [4.69, 9.17) is 4.98 Å². The molecule has 41 heavy (non-hydrogen) atoms. The third-order valence-corrected chi connectivity index (χ3v) is 8.03. The number of imidazole rings is 1. The van der Waals surface area contributed by atoms with Gasteiger partial charge in [0, 0.05) is 63.3 Å². The summed E-state index contributed by atoms with van der Waals surface area (Å²) in [5, 5.41) is 4.75. The van der Waals surface area contributed by atoms with Gasteiger partial charge in [-0.3, -0.25) is 9.97 Å². The second-order valence-corrected chi connectivity index (χ2v) is 10.3. The lowest BCUT2D eigenvalue weighted by molar-refractivity contribution is 1.12. The maximum atomic E-state index is 5.00. The Morgan fingerprint density at radius 1 is 0.512 bits per heavy atom. The summed E-state index contributed by atoms with van der Waals surface area (Å²) in [7, 11) is 0. The van der Waals surface area contributed by atoms with Gasteiger partial charge in [0.05, 0.1) is 40.2 Å². The van der Waals surface area contributed by atoms with Gasteiger partial charge in [0.15, 0.2) is 0 Å². The molecule has 192 valence electrons. The minimum Gasteiger partial charge on any atom is -0.308 e. The number of rotatable bonds is 3. The molecule has 0 spiro atoms. The summed E-state index contributed by atoms with van der Waals surface area (Å²) < 4.78 is 6.69. The average molecular weight is 527 g/mol. The molecule has 0 N–H and O–H groups in total. The summed E-state index contributed by atoms with van der Waals surface area (Å²) in [5.74, 6) is 0. The molecule has 9 aromatic rings. The Balaban J connectivity index is 1.41. The fourth-order valence-corrected chi connectivity index (χ4v) is 6.27. The highest BCUT2D eigenvalue weighted by Gasteiger charge is 2.18. The summed E-state index contributed by atoms with van der Waals surface area (Å²) in [4.78, 5) is 14.0. The Morgan fingerprint density at radius 3 is 1.68 bits per heavy atom. The molecule has 0 aliphatic heterocycles. The molecular weight excluding hydrogens is 504 g/mol. The van der Waals surface area contributed by atoms with E-state index in [0.717, 1.165) is 50.3 Å². The van der Waals surface area contributed by atoms with Crippen LogP contribution in [-0.2, 0) is 0 Å². The first-order valence-corrected chi connectivity index (χ1v) is 13.6. The molecule has 0 bridgehead atoms. The second kappa shape index (κ2) is 8.37. The molecule has 0 aliphatic carbocycles. The summed E-state index contributed by atoms with van der Waals surface area (Å²) >= 11 is 0. The van der Waals surface area contributed by atoms with Crippen LogP contribution in [-0.4, -0.2) is 28.5 Å². The average Bonchev–Trinajstić information content (AvgIpc) is 3.71. The minimum absolute atomic E-state index is 0.914. The first kappa shape index (κ1) is 22.1. The number of fused-ring (bicyclic) bond motifs is 7. The Bertz CT molecular complexity index is 2170. The Kier molecular flexibility index (Phi) is 4.51. The van der Waals surface area contributed by atoms with E-state index < -0.39 is 0 Å². The van der Waals surface area contributed by atoms with Crippen molar-refractivity contribution in [3.63, 3.8) is 0 Å².